The van der Waals surface area contributed by atoms with Gasteiger partial charge < -0.3 is 5.32 Å². The molecule has 1 N–H and O–H groups in total. The van der Waals surface area contributed by atoms with E-state index in [2.05, 4.69) is 10.3 Å². The minimum atomic E-state index is -0.860. The van der Waals surface area contributed by atoms with E-state index in [0.717, 1.165) is 0 Å². The molecule has 0 saturated carbocycles. The number of aromatic nitrogens is 1. The van der Waals surface area contributed by atoms with Gasteiger partial charge in [0.15, 0.2) is 0 Å². The van der Waals surface area contributed by atoms with Crippen molar-refractivity contribution in [1.82, 2.24) is 10.3 Å². The van der Waals surface area contributed by atoms with E-state index >= 15 is 0 Å². The molecular weight excluding hydrogens is 295 g/mol. The van der Waals surface area contributed by atoms with Crippen molar-refractivity contribution in [3.63, 3.8) is 0 Å². The maximum atomic E-state index is 11.9. The highest BCUT2D eigenvalue weighted by Crippen LogP contribution is 2.16. The van der Waals surface area contributed by atoms with Crippen LogP contribution in [0.1, 0.15) is 23.7 Å². The molecule has 2 unspecified atom stereocenters. The van der Waals surface area contributed by atoms with Crippen molar-refractivity contribution in [2.24, 2.45) is 0 Å². The second kappa shape index (κ2) is 7.07. The smallest absolute Gasteiger partial charge is 0.254 e. The molecule has 0 aliphatic heterocycles. The predicted molar refractivity (Wildman–Crippen MR) is 74.7 cm³/mol. The number of carbonyl (C=O) groups excluding carboxylic acids is 1. The Hall–Kier alpha value is -0.650. The van der Waals surface area contributed by atoms with Gasteiger partial charge in [0, 0.05) is 28.9 Å². The van der Waals surface area contributed by atoms with E-state index in [4.69, 9.17) is 23.2 Å². The van der Waals surface area contributed by atoms with Crippen molar-refractivity contribution in [1.29, 1.82) is 0 Å². The van der Waals surface area contributed by atoms with Crippen molar-refractivity contribution < 1.29 is 9.00 Å². The van der Waals surface area contributed by atoms with Crippen molar-refractivity contribution in [2.45, 2.75) is 19.4 Å². The van der Waals surface area contributed by atoms with Gasteiger partial charge in [-0.05, 0) is 25.5 Å². The van der Waals surface area contributed by atoms with Crippen LogP contribution in [0, 0.1) is 0 Å². The lowest BCUT2D eigenvalue weighted by molar-refractivity contribution is 0.0939. The number of hydrogen-bond donors (Lipinski definition) is 1. The Kier molecular flexibility index (Phi) is 6.05. The van der Waals surface area contributed by atoms with Crippen LogP contribution in [-0.4, -0.2) is 33.2 Å². The summed E-state index contributed by atoms with van der Waals surface area (Å²) in [4.78, 5) is 15.7. The van der Waals surface area contributed by atoms with Gasteiger partial charge in [0.05, 0.1) is 5.56 Å². The molecule has 0 aromatic carbocycles. The SMILES string of the molecule is CC(CCS(C)=O)NC(=O)c1ccc(Cl)nc1Cl. The molecule has 0 spiro atoms. The van der Waals surface area contributed by atoms with Gasteiger partial charge >= 0.3 is 0 Å². The van der Waals surface area contributed by atoms with E-state index in [1.54, 1.807) is 6.26 Å². The first-order chi connectivity index (χ1) is 8.40. The maximum Gasteiger partial charge on any atom is 0.254 e. The van der Waals surface area contributed by atoms with Crippen LogP contribution >= 0.6 is 23.2 Å². The lowest BCUT2D eigenvalue weighted by atomic mass is 10.2. The third kappa shape index (κ3) is 4.92. The van der Waals surface area contributed by atoms with Gasteiger partial charge in [-0.3, -0.25) is 9.00 Å². The van der Waals surface area contributed by atoms with Crippen molar-refractivity contribution in [3.8, 4) is 0 Å². The number of halogens is 2. The molecule has 1 heterocycles. The summed E-state index contributed by atoms with van der Waals surface area (Å²) in [5, 5.41) is 3.09. The minimum Gasteiger partial charge on any atom is -0.349 e. The van der Waals surface area contributed by atoms with Crippen LogP contribution in [0.3, 0.4) is 0 Å². The van der Waals surface area contributed by atoms with E-state index in [9.17, 15) is 9.00 Å². The first-order valence-corrected chi connectivity index (χ1v) is 7.81. The number of rotatable bonds is 5. The lowest BCUT2D eigenvalue weighted by Crippen LogP contribution is -2.33. The molecule has 100 valence electrons. The van der Waals surface area contributed by atoms with Crippen molar-refractivity contribution in [3.05, 3.63) is 28.0 Å². The zero-order valence-electron chi connectivity index (χ0n) is 10.1. The Morgan fingerprint density at radius 3 is 2.72 bits per heavy atom. The Labute approximate surface area is 119 Å². The highest BCUT2D eigenvalue weighted by atomic mass is 35.5. The summed E-state index contributed by atoms with van der Waals surface area (Å²) in [6, 6.07) is 2.96. The van der Waals surface area contributed by atoms with E-state index in [0.29, 0.717) is 12.2 Å². The Morgan fingerprint density at radius 1 is 1.50 bits per heavy atom. The topological polar surface area (TPSA) is 59.1 Å². The van der Waals surface area contributed by atoms with Crippen LogP contribution in [-0.2, 0) is 10.8 Å². The highest BCUT2D eigenvalue weighted by Gasteiger charge is 2.14. The maximum absolute atomic E-state index is 11.9. The molecule has 1 aromatic heterocycles. The Bertz CT molecular complexity index is 468. The summed E-state index contributed by atoms with van der Waals surface area (Å²) in [6.07, 6.45) is 2.28. The number of nitrogens with one attached hydrogen (secondary N) is 1. The van der Waals surface area contributed by atoms with E-state index in [1.807, 2.05) is 6.92 Å². The molecule has 1 rings (SSSR count). The van der Waals surface area contributed by atoms with Crippen LogP contribution in [0.25, 0.3) is 0 Å². The fourth-order valence-electron chi connectivity index (χ4n) is 1.30. The van der Waals surface area contributed by atoms with E-state index in [-0.39, 0.29) is 27.8 Å². The number of carbonyl (C=O) groups is 1. The second-order valence-electron chi connectivity index (χ2n) is 3.91. The molecule has 0 saturated heterocycles. The van der Waals surface area contributed by atoms with Crippen LogP contribution in [0.2, 0.25) is 10.3 Å². The van der Waals surface area contributed by atoms with Gasteiger partial charge in [-0.2, -0.15) is 0 Å². The summed E-state index contributed by atoms with van der Waals surface area (Å²) in [7, 11) is -0.860. The molecule has 2 atom stereocenters. The van der Waals surface area contributed by atoms with Crippen LogP contribution in [0.5, 0.6) is 0 Å². The molecule has 0 bridgehead atoms. The van der Waals surface area contributed by atoms with Crippen molar-refractivity contribution >= 4 is 39.9 Å². The quantitative estimate of drug-likeness (QED) is 0.849. The normalized spacial score (nSPS) is 14.0. The first-order valence-electron chi connectivity index (χ1n) is 5.33. The number of pyridine rings is 1. The van der Waals surface area contributed by atoms with Gasteiger partial charge in [-0.25, -0.2) is 4.98 Å². The van der Waals surface area contributed by atoms with E-state index < -0.39 is 10.8 Å². The van der Waals surface area contributed by atoms with Crippen LogP contribution in [0.4, 0.5) is 0 Å². The fraction of sp³-hybridized carbons (Fsp3) is 0.455. The number of nitrogens with zero attached hydrogens (tertiary/aromatic N) is 1. The third-order valence-corrected chi connectivity index (χ3v) is 3.58. The zero-order chi connectivity index (χ0) is 13.7. The third-order valence-electron chi connectivity index (χ3n) is 2.28. The zero-order valence-corrected chi connectivity index (χ0v) is 12.4. The Balaban J connectivity index is 2.62. The molecule has 0 aliphatic rings. The van der Waals surface area contributed by atoms with Gasteiger partial charge in [0.2, 0.25) is 0 Å². The average molecular weight is 309 g/mol. The molecule has 0 aliphatic carbocycles. The Morgan fingerprint density at radius 2 is 2.17 bits per heavy atom. The summed E-state index contributed by atoms with van der Waals surface area (Å²) in [5.41, 5.74) is 0.283. The van der Waals surface area contributed by atoms with Gasteiger partial charge in [-0.15, -0.1) is 0 Å². The average Bonchev–Trinajstić information content (AvgIpc) is 2.26. The minimum absolute atomic E-state index is 0.0752. The largest absolute Gasteiger partial charge is 0.349 e. The molecule has 7 heteroatoms. The highest BCUT2D eigenvalue weighted by molar-refractivity contribution is 7.84. The predicted octanol–water partition coefficient (Wildman–Crippen LogP) is 2.28. The standard InChI is InChI=1S/C11H14Cl2N2O2S/c1-7(5-6-18(2)17)14-11(16)8-3-4-9(12)15-10(8)13/h3-4,7H,5-6H2,1-2H3,(H,14,16). The van der Waals surface area contributed by atoms with Gasteiger partial charge in [0.1, 0.15) is 10.3 Å². The molecule has 0 radical (unpaired) electrons. The summed E-state index contributed by atoms with van der Waals surface area (Å²) < 4.78 is 10.9. The molecule has 18 heavy (non-hydrogen) atoms. The summed E-state index contributed by atoms with van der Waals surface area (Å²) >= 11 is 11.5. The summed E-state index contributed by atoms with van der Waals surface area (Å²) in [5.74, 6) is 0.243. The van der Waals surface area contributed by atoms with Crippen molar-refractivity contribution in [2.75, 3.05) is 12.0 Å². The van der Waals surface area contributed by atoms with Crippen LogP contribution < -0.4 is 5.32 Å². The molecule has 1 aromatic rings. The molecule has 1 amide bonds. The lowest BCUT2D eigenvalue weighted by Gasteiger charge is -2.13. The summed E-state index contributed by atoms with van der Waals surface area (Å²) in [6.45, 7) is 1.85. The molecule has 0 fully saturated rings. The van der Waals surface area contributed by atoms with Crippen LogP contribution in [0.15, 0.2) is 12.1 Å². The number of amides is 1. The second-order valence-corrected chi connectivity index (χ2v) is 6.21. The first kappa shape index (κ1) is 15.4. The van der Waals surface area contributed by atoms with Gasteiger partial charge in [-0.1, -0.05) is 23.2 Å². The van der Waals surface area contributed by atoms with E-state index in [1.165, 1.54) is 12.1 Å². The monoisotopic (exact) mass is 308 g/mol. The number of hydrogen-bond acceptors (Lipinski definition) is 3. The van der Waals surface area contributed by atoms with Gasteiger partial charge in [0.25, 0.3) is 5.91 Å². The molecule has 4 nitrogen and oxygen atoms in total. The fourth-order valence-corrected chi connectivity index (χ4v) is 2.41. The molecular formula is C11H14Cl2N2O2S.